The van der Waals surface area contributed by atoms with Crippen LogP contribution in [0, 0.1) is 0 Å². The van der Waals surface area contributed by atoms with E-state index in [4.69, 9.17) is 21.8 Å². The van der Waals surface area contributed by atoms with Gasteiger partial charge in [0.15, 0.2) is 5.76 Å². The molecule has 0 radical (unpaired) electrons. The Morgan fingerprint density at radius 3 is 2.75 bits per heavy atom. The fourth-order valence-electron chi connectivity index (χ4n) is 2.56. The molecule has 1 saturated heterocycles. The van der Waals surface area contributed by atoms with Crippen molar-refractivity contribution in [2.24, 2.45) is 5.73 Å². The number of rotatable bonds is 4. The number of para-hydroxylation sites is 1. The van der Waals surface area contributed by atoms with Crippen molar-refractivity contribution in [1.29, 1.82) is 0 Å². The third-order valence-corrected chi connectivity index (χ3v) is 4.06. The summed E-state index contributed by atoms with van der Waals surface area (Å²) in [5, 5.41) is 3.20. The highest BCUT2D eigenvalue weighted by Crippen LogP contribution is 2.29. The third kappa shape index (κ3) is 3.56. The van der Waals surface area contributed by atoms with Crippen LogP contribution in [-0.4, -0.2) is 24.4 Å². The van der Waals surface area contributed by atoms with Gasteiger partial charge in [0.25, 0.3) is 5.91 Å². The van der Waals surface area contributed by atoms with E-state index in [2.05, 4.69) is 5.32 Å². The first kappa shape index (κ1) is 18.3. The number of anilines is 1. The van der Waals surface area contributed by atoms with E-state index >= 15 is 0 Å². The van der Waals surface area contributed by atoms with E-state index in [1.54, 1.807) is 35.2 Å². The molecule has 1 aliphatic rings. The molecule has 1 aromatic carbocycles. The maximum absolute atomic E-state index is 12.5. The molecule has 3 N–H and O–H groups in total. The average molecular weight is 370 g/mol. The Bertz CT molecular complexity index is 748. The predicted molar refractivity (Wildman–Crippen MR) is 93.5 cm³/mol. The zero-order chi connectivity index (χ0) is 16.4. The first-order valence-corrected chi connectivity index (χ1v) is 7.63. The molecule has 0 aliphatic carbocycles. The lowest BCUT2D eigenvalue weighted by Crippen LogP contribution is -2.41. The minimum Gasteiger partial charge on any atom is -0.455 e. The number of nitrogens with one attached hydrogen (secondary N) is 1. The van der Waals surface area contributed by atoms with Gasteiger partial charge in [-0.3, -0.25) is 9.59 Å². The van der Waals surface area contributed by atoms with Crippen LogP contribution in [0.5, 0.6) is 0 Å². The van der Waals surface area contributed by atoms with E-state index in [9.17, 15) is 9.59 Å². The molecule has 2 heterocycles. The number of hydrogen-bond donors (Lipinski definition) is 2. The molecule has 24 heavy (non-hydrogen) atoms. The van der Waals surface area contributed by atoms with Crippen molar-refractivity contribution in [3.63, 3.8) is 0 Å². The average Bonchev–Trinajstić information content (AvgIpc) is 3.16. The highest BCUT2D eigenvalue weighted by atomic mass is 35.5. The molecular weight excluding hydrogens is 353 g/mol. The molecule has 0 saturated carbocycles. The minimum atomic E-state index is -0.592. The lowest BCUT2D eigenvalue weighted by molar-refractivity contribution is -0.118. The van der Waals surface area contributed by atoms with Gasteiger partial charge in [0.2, 0.25) is 5.91 Å². The number of carbonyl (C=O) groups excluding carboxylic acids is 2. The summed E-state index contributed by atoms with van der Waals surface area (Å²) in [6.45, 7) is 0.718. The quantitative estimate of drug-likeness (QED) is 0.865. The second kappa shape index (κ2) is 7.70. The largest absolute Gasteiger partial charge is 0.455 e. The maximum Gasteiger partial charge on any atom is 0.287 e. The molecule has 3 rings (SSSR count). The Morgan fingerprint density at radius 1 is 1.33 bits per heavy atom. The van der Waals surface area contributed by atoms with Crippen LogP contribution in [0.4, 0.5) is 5.69 Å². The Labute approximate surface area is 150 Å². The molecule has 1 unspecified atom stereocenters. The Morgan fingerprint density at radius 2 is 2.08 bits per heavy atom. The van der Waals surface area contributed by atoms with Crippen LogP contribution in [0.1, 0.15) is 22.7 Å². The summed E-state index contributed by atoms with van der Waals surface area (Å²) in [6.07, 6.45) is 0.514. The van der Waals surface area contributed by atoms with Gasteiger partial charge in [0.1, 0.15) is 11.8 Å². The van der Waals surface area contributed by atoms with Gasteiger partial charge in [0.05, 0.1) is 17.3 Å². The highest BCUT2D eigenvalue weighted by molar-refractivity contribution is 6.34. The van der Waals surface area contributed by atoms with Gasteiger partial charge in [-0.1, -0.05) is 23.7 Å². The van der Waals surface area contributed by atoms with Crippen LogP contribution in [0.3, 0.4) is 0 Å². The lowest BCUT2D eigenvalue weighted by atomic mass is 10.2. The SMILES string of the molecule is Cl.NCc1ccc(C(=O)NC2CCN(c3ccccc3Cl)C2=O)o1. The van der Waals surface area contributed by atoms with Crippen LogP contribution in [0.25, 0.3) is 0 Å². The number of benzene rings is 1. The number of nitrogens with zero attached hydrogens (tertiary/aromatic N) is 1. The summed E-state index contributed by atoms with van der Waals surface area (Å²) in [5.41, 5.74) is 6.10. The fourth-order valence-corrected chi connectivity index (χ4v) is 2.80. The first-order valence-electron chi connectivity index (χ1n) is 7.25. The molecule has 2 aromatic rings. The Kier molecular flexibility index (Phi) is 5.88. The topological polar surface area (TPSA) is 88.6 Å². The van der Waals surface area contributed by atoms with Crippen LogP contribution in [0.2, 0.25) is 5.02 Å². The second-order valence-electron chi connectivity index (χ2n) is 5.23. The molecule has 1 aliphatic heterocycles. The van der Waals surface area contributed by atoms with Gasteiger partial charge in [-0.2, -0.15) is 0 Å². The van der Waals surface area contributed by atoms with Crippen molar-refractivity contribution in [2.45, 2.75) is 19.0 Å². The van der Waals surface area contributed by atoms with Crippen molar-refractivity contribution >= 4 is 41.5 Å². The van der Waals surface area contributed by atoms with Gasteiger partial charge in [0, 0.05) is 6.54 Å². The van der Waals surface area contributed by atoms with Crippen molar-refractivity contribution in [3.8, 4) is 0 Å². The molecule has 1 atom stereocenters. The molecule has 2 amide bonds. The number of halogens is 2. The minimum absolute atomic E-state index is 0. The van der Waals surface area contributed by atoms with E-state index in [1.165, 1.54) is 0 Å². The summed E-state index contributed by atoms with van der Waals surface area (Å²) in [4.78, 5) is 26.2. The Hall–Kier alpha value is -2.02. The maximum atomic E-state index is 12.5. The van der Waals surface area contributed by atoms with Crippen LogP contribution < -0.4 is 16.0 Å². The smallest absolute Gasteiger partial charge is 0.287 e. The molecule has 0 bridgehead atoms. The van der Waals surface area contributed by atoms with Crippen LogP contribution in [0.15, 0.2) is 40.8 Å². The number of amides is 2. The predicted octanol–water partition coefficient (Wildman–Crippen LogP) is 2.35. The van der Waals surface area contributed by atoms with E-state index in [1.807, 2.05) is 6.07 Å². The molecule has 1 fully saturated rings. The van der Waals surface area contributed by atoms with Crippen molar-refractivity contribution in [1.82, 2.24) is 5.32 Å². The highest BCUT2D eigenvalue weighted by Gasteiger charge is 2.34. The zero-order valence-corrected chi connectivity index (χ0v) is 14.3. The van der Waals surface area contributed by atoms with E-state index < -0.39 is 11.9 Å². The number of carbonyl (C=O) groups is 2. The van der Waals surface area contributed by atoms with E-state index in [0.29, 0.717) is 29.4 Å². The monoisotopic (exact) mass is 369 g/mol. The summed E-state index contributed by atoms with van der Waals surface area (Å²) < 4.78 is 5.29. The standard InChI is InChI=1S/C16H16ClN3O3.ClH/c17-11-3-1-2-4-13(11)20-8-7-12(16(20)22)19-15(21)14-6-5-10(9-18)23-14;/h1-6,12H,7-9,18H2,(H,19,21);1H. The lowest BCUT2D eigenvalue weighted by Gasteiger charge is -2.18. The van der Waals surface area contributed by atoms with Gasteiger partial charge in [-0.05, 0) is 30.7 Å². The fraction of sp³-hybridized carbons (Fsp3) is 0.250. The zero-order valence-electron chi connectivity index (χ0n) is 12.7. The van der Waals surface area contributed by atoms with Crippen LogP contribution in [-0.2, 0) is 11.3 Å². The van der Waals surface area contributed by atoms with Gasteiger partial charge < -0.3 is 20.4 Å². The molecule has 0 spiro atoms. The van der Waals surface area contributed by atoms with E-state index in [-0.39, 0.29) is 30.6 Å². The first-order chi connectivity index (χ1) is 11.1. The number of furan rings is 1. The Balaban J connectivity index is 0.00000208. The number of nitrogens with two attached hydrogens (primary N) is 1. The summed E-state index contributed by atoms with van der Waals surface area (Å²) in [6, 6.07) is 9.72. The third-order valence-electron chi connectivity index (χ3n) is 3.74. The summed E-state index contributed by atoms with van der Waals surface area (Å²) >= 11 is 6.13. The molecule has 6 nitrogen and oxygen atoms in total. The second-order valence-corrected chi connectivity index (χ2v) is 5.63. The van der Waals surface area contributed by atoms with Crippen molar-refractivity contribution in [3.05, 3.63) is 52.9 Å². The normalized spacial score (nSPS) is 16.8. The van der Waals surface area contributed by atoms with Gasteiger partial charge in [-0.25, -0.2) is 0 Å². The summed E-state index contributed by atoms with van der Waals surface area (Å²) in [7, 11) is 0. The molecule has 8 heteroatoms. The molecular formula is C16H17Cl2N3O3. The molecule has 128 valence electrons. The van der Waals surface area contributed by atoms with Crippen molar-refractivity contribution in [2.75, 3.05) is 11.4 Å². The van der Waals surface area contributed by atoms with Gasteiger partial charge in [-0.15, -0.1) is 12.4 Å². The van der Waals surface area contributed by atoms with Gasteiger partial charge >= 0.3 is 0 Å². The van der Waals surface area contributed by atoms with Crippen LogP contribution >= 0.6 is 24.0 Å². The molecule has 1 aromatic heterocycles. The van der Waals surface area contributed by atoms with Crippen molar-refractivity contribution < 1.29 is 14.0 Å². The van der Waals surface area contributed by atoms with E-state index in [0.717, 1.165) is 0 Å². The summed E-state index contributed by atoms with van der Waals surface area (Å²) in [5.74, 6) is 0.0566. The number of hydrogen-bond acceptors (Lipinski definition) is 4.